The molecule has 0 fully saturated rings. The summed E-state index contributed by atoms with van der Waals surface area (Å²) in [6.45, 7) is 5.93. The molecular weight excluding hydrogens is 142 g/mol. The quantitative estimate of drug-likeness (QED) is 0.550. The predicted octanol–water partition coefficient (Wildman–Crippen LogP) is 0.103. The first-order chi connectivity index (χ1) is 4.87. The maximum absolute atomic E-state index is 9.37. The van der Waals surface area contributed by atoms with Crippen molar-refractivity contribution in [1.82, 2.24) is 0 Å². The molecule has 3 heteroatoms. The van der Waals surface area contributed by atoms with E-state index in [1.54, 1.807) is 0 Å². The zero-order chi connectivity index (χ0) is 9.07. The Bertz CT molecular complexity index is 109. The molecule has 0 amide bonds. The molecule has 0 rings (SSSR count). The van der Waals surface area contributed by atoms with Gasteiger partial charge in [0.2, 0.25) is 0 Å². The largest absolute Gasteiger partial charge is 0.395 e. The second-order valence-electron chi connectivity index (χ2n) is 4.18. The van der Waals surface area contributed by atoms with Crippen molar-refractivity contribution < 1.29 is 10.2 Å². The Labute approximate surface area is 68.2 Å². The molecule has 0 saturated carbocycles. The van der Waals surface area contributed by atoms with Gasteiger partial charge in [0.05, 0.1) is 18.8 Å². The number of hydrogen-bond acceptors (Lipinski definition) is 3. The first-order valence-electron chi connectivity index (χ1n) is 3.91. The van der Waals surface area contributed by atoms with Crippen LogP contribution in [-0.2, 0) is 0 Å². The van der Waals surface area contributed by atoms with Crippen molar-refractivity contribution >= 4 is 0 Å². The van der Waals surface area contributed by atoms with Gasteiger partial charge in [0, 0.05) is 0 Å². The van der Waals surface area contributed by atoms with Crippen LogP contribution in [0.5, 0.6) is 0 Å². The lowest BCUT2D eigenvalue weighted by Gasteiger charge is -2.25. The van der Waals surface area contributed by atoms with E-state index in [-0.39, 0.29) is 12.0 Å². The second kappa shape index (κ2) is 4.04. The normalized spacial score (nSPS) is 18.0. The van der Waals surface area contributed by atoms with Gasteiger partial charge in [-0.2, -0.15) is 0 Å². The van der Waals surface area contributed by atoms with Crippen molar-refractivity contribution in [2.45, 2.75) is 39.3 Å². The second-order valence-corrected chi connectivity index (χ2v) is 4.18. The highest BCUT2D eigenvalue weighted by molar-refractivity contribution is 4.76. The van der Waals surface area contributed by atoms with Gasteiger partial charge in [-0.25, -0.2) is 0 Å². The van der Waals surface area contributed by atoms with E-state index >= 15 is 0 Å². The Morgan fingerprint density at radius 1 is 1.36 bits per heavy atom. The van der Waals surface area contributed by atoms with Crippen LogP contribution in [-0.4, -0.2) is 29.0 Å². The Morgan fingerprint density at radius 2 is 1.82 bits per heavy atom. The summed E-state index contributed by atoms with van der Waals surface area (Å²) in [5, 5.41) is 18.0. The highest BCUT2D eigenvalue weighted by Gasteiger charge is 2.21. The molecule has 0 bridgehead atoms. The minimum absolute atomic E-state index is 0.0617. The van der Waals surface area contributed by atoms with Crippen LogP contribution >= 0.6 is 0 Å². The minimum Gasteiger partial charge on any atom is -0.395 e. The summed E-state index contributed by atoms with van der Waals surface area (Å²) in [6, 6.07) is -0.505. The molecular formula is C8H19NO2. The van der Waals surface area contributed by atoms with Gasteiger partial charge >= 0.3 is 0 Å². The van der Waals surface area contributed by atoms with E-state index in [0.29, 0.717) is 6.42 Å². The van der Waals surface area contributed by atoms with Gasteiger partial charge in [0.1, 0.15) is 0 Å². The third kappa shape index (κ3) is 5.18. The number of nitrogens with two attached hydrogens (primary N) is 1. The third-order valence-corrected chi connectivity index (χ3v) is 1.53. The average molecular weight is 161 g/mol. The van der Waals surface area contributed by atoms with Crippen molar-refractivity contribution in [3.63, 3.8) is 0 Å². The van der Waals surface area contributed by atoms with Gasteiger partial charge in [0.25, 0.3) is 0 Å². The van der Waals surface area contributed by atoms with E-state index in [4.69, 9.17) is 10.8 Å². The van der Waals surface area contributed by atoms with Crippen LogP contribution in [0.1, 0.15) is 27.2 Å². The SMILES string of the molecule is CC(C)(C)CC(O)C(N)CO. The smallest absolute Gasteiger partial charge is 0.0718 e. The van der Waals surface area contributed by atoms with E-state index in [0.717, 1.165) is 0 Å². The molecule has 4 N–H and O–H groups in total. The number of hydrogen-bond donors (Lipinski definition) is 3. The lowest BCUT2D eigenvalue weighted by Crippen LogP contribution is -2.39. The van der Waals surface area contributed by atoms with Crippen molar-refractivity contribution in [3.8, 4) is 0 Å². The van der Waals surface area contributed by atoms with Crippen molar-refractivity contribution in [3.05, 3.63) is 0 Å². The lowest BCUT2D eigenvalue weighted by atomic mass is 9.87. The van der Waals surface area contributed by atoms with E-state index < -0.39 is 12.1 Å². The lowest BCUT2D eigenvalue weighted by molar-refractivity contribution is 0.0727. The van der Waals surface area contributed by atoms with Gasteiger partial charge in [-0.05, 0) is 11.8 Å². The third-order valence-electron chi connectivity index (χ3n) is 1.53. The molecule has 0 aromatic heterocycles. The van der Waals surface area contributed by atoms with Crippen LogP contribution < -0.4 is 5.73 Å². The van der Waals surface area contributed by atoms with Crippen molar-refractivity contribution in [2.75, 3.05) is 6.61 Å². The average Bonchev–Trinajstić information content (AvgIpc) is 1.82. The maximum atomic E-state index is 9.37. The molecule has 0 saturated heterocycles. The van der Waals surface area contributed by atoms with Crippen LogP contribution in [0.3, 0.4) is 0 Å². The summed E-state index contributed by atoms with van der Waals surface area (Å²) < 4.78 is 0. The summed E-state index contributed by atoms with van der Waals surface area (Å²) in [5.74, 6) is 0. The van der Waals surface area contributed by atoms with Gasteiger partial charge in [-0.3, -0.25) is 0 Å². The summed E-state index contributed by atoms with van der Waals surface area (Å²) in [4.78, 5) is 0. The molecule has 0 aliphatic carbocycles. The van der Waals surface area contributed by atoms with Crippen LogP contribution in [0.4, 0.5) is 0 Å². The van der Waals surface area contributed by atoms with Gasteiger partial charge in [-0.15, -0.1) is 0 Å². The summed E-state index contributed by atoms with van der Waals surface area (Å²) in [5.41, 5.74) is 5.49. The first kappa shape index (κ1) is 10.9. The van der Waals surface area contributed by atoms with E-state index in [9.17, 15) is 5.11 Å². The zero-order valence-electron chi connectivity index (χ0n) is 7.54. The molecule has 0 aromatic rings. The topological polar surface area (TPSA) is 66.5 Å². The monoisotopic (exact) mass is 161 g/mol. The summed E-state index contributed by atoms with van der Waals surface area (Å²) in [7, 11) is 0. The molecule has 0 aliphatic heterocycles. The van der Waals surface area contributed by atoms with Gasteiger partial charge in [0.15, 0.2) is 0 Å². The Morgan fingerprint density at radius 3 is 2.09 bits per heavy atom. The molecule has 11 heavy (non-hydrogen) atoms. The molecule has 68 valence electrons. The van der Waals surface area contributed by atoms with Crippen LogP contribution in [0.15, 0.2) is 0 Å². The fraction of sp³-hybridized carbons (Fsp3) is 1.00. The molecule has 2 unspecified atom stereocenters. The van der Waals surface area contributed by atoms with E-state index in [1.807, 2.05) is 20.8 Å². The summed E-state index contributed by atoms with van der Waals surface area (Å²) in [6.07, 6.45) is 0.0225. The number of rotatable bonds is 3. The zero-order valence-corrected chi connectivity index (χ0v) is 7.54. The first-order valence-corrected chi connectivity index (χ1v) is 3.91. The van der Waals surface area contributed by atoms with E-state index in [2.05, 4.69) is 0 Å². The molecule has 0 heterocycles. The number of aliphatic hydroxyl groups is 2. The highest BCUT2D eigenvalue weighted by atomic mass is 16.3. The van der Waals surface area contributed by atoms with E-state index in [1.165, 1.54) is 0 Å². The molecule has 2 atom stereocenters. The standard InChI is InChI=1S/C8H19NO2/c1-8(2,3)4-7(11)6(9)5-10/h6-7,10-11H,4-5,9H2,1-3H3. The van der Waals surface area contributed by atoms with Crippen molar-refractivity contribution in [2.24, 2.45) is 11.1 Å². The highest BCUT2D eigenvalue weighted by Crippen LogP contribution is 2.21. The van der Waals surface area contributed by atoms with Crippen LogP contribution in [0.2, 0.25) is 0 Å². The Kier molecular flexibility index (Phi) is 4.00. The molecule has 0 aliphatic rings. The minimum atomic E-state index is -0.597. The summed E-state index contributed by atoms with van der Waals surface area (Å²) >= 11 is 0. The fourth-order valence-electron chi connectivity index (χ4n) is 0.900. The fourth-order valence-corrected chi connectivity index (χ4v) is 0.900. The molecule has 0 radical (unpaired) electrons. The number of aliphatic hydroxyl groups excluding tert-OH is 2. The van der Waals surface area contributed by atoms with Gasteiger partial charge < -0.3 is 15.9 Å². The Balaban J connectivity index is 3.77. The Hall–Kier alpha value is -0.120. The molecule has 0 aromatic carbocycles. The van der Waals surface area contributed by atoms with Crippen LogP contribution in [0.25, 0.3) is 0 Å². The molecule has 3 nitrogen and oxygen atoms in total. The van der Waals surface area contributed by atoms with Gasteiger partial charge in [-0.1, -0.05) is 20.8 Å². The molecule has 0 spiro atoms. The van der Waals surface area contributed by atoms with Crippen molar-refractivity contribution in [1.29, 1.82) is 0 Å². The maximum Gasteiger partial charge on any atom is 0.0718 e. The van der Waals surface area contributed by atoms with Crippen LogP contribution in [0, 0.1) is 5.41 Å². The predicted molar refractivity (Wildman–Crippen MR) is 45.1 cm³/mol.